The van der Waals surface area contributed by atoms with Gasteiger partial charge in [-0.3, -0.25) is 0 Å². The molecule has 0 aromatic carbocycles. The zero-order valence-electron chi connectivity index (χ0n) is 15.3. The van der Waals surface area contributed by atoms with E-state index in [0.717, 1.165) is 82.6 Å². The molecule has 138 valence electrons. The summed E-state index contributed by atoms with van der Waals surface area (Å²) >= 11 is 0. The smallest absolute Gasteiger partial charge is 0.230 e. The van der Waals surface area contributed by atoms with Crippen molar-refractivity contribution in [3.63, 3.8) is 0 Å². The highest BCUT2D eigenvalue weighted by Crippen LogP contribution is 2.29. The van der Waals surface area contributed by atoms with Gasteiger partial charge in [-0.25, -0.2) is 9.97 Å². The maximum absolute atomic E-state index is 5.90. The van der Waals surface area contributed by atoms with Gasteiger partial charge in [0.25, 0.3) is 0 Å². The lowest BCUT2D eigenvalue weighted by atomic mass is 10.0. The van der Waals surface area contributed by atoms with Crippen LogP contribution in [0.4, 0.5) is 11.9 Å². The molecule has 1 unspecified atom stereocenters. The average molecular weight is 347 g/mol. The molecule has 0 saturated carbocycles. The van der Waals surface area contributed by atoms with Gasteiger partial charge in [-0.1, -0.05) is 0 Å². The van der Waals surface area contributed by atoms with Crippen LogP contribution in [0, 0.1) is 11.8 Å². The number of aromatic nitrogens is 3. The normalized spacial score (nSPS) is 29.5. The van der Waals surface area contributed by atoms with Crippen LogP contribution in [-0.4, -0.2) is 92.5 Å². The van der Waals surface area contributed by atoms with Gasteiger partial charge in [0.2, 0.25) is 11.9 Å². The standard InChI is InChI=1S/C17H29N7O/c1-22(2)4-3-15-11-23(5-6-25-15)16-19-12-20-17(21-16)24-9-13-7-18-8-14(13)10-24/h12-15,18H,3-11H2,1-2H3/t13-,14+,15?. The Bertz CT molecular complexity index is 572. The highest BCUT2D eigenvalue weighted by molar-refractivity contribution is 5.39. The third kappa shape index (κ3) is 3.86. The molecule has 0 bridgehead atoms. The Labute approximate surface area is 149 Å². The van der Waals surface area contributed by atoms with Gasteiger partial charge in [0, 0.05) is 45.8 Å². The molecule has 0 spiro atoms. The summed E-state index contributed by atoms with van der Waals surface area (Å²) in [5, 5.41) is 3.48. The summed E-state index contributed by atoms with van der Waals surface area (Å²) in [5.41, 5.74) is 0. The van der Waals surface area contributed by atoms with Crippen molar-refractivity contribution in [1.29, 1.82) is 0 Å². The van der Waals surface area contributed by atoms with Crippen molar-refractivity contribution >= 4 is 11.9 Å². The Morgan fingerprint density at radius 1 is 1.12 bits per heavy atom. The van der Waals surface area contributed by atoms with E-state index in [2.05, 4.69) is 44.1 Å². The van der Waals surface area contributed by atoms with Crippen molar-refractivity contribution in [3.05, 3.63) is 6.33 Å². The Hall–Kier alpha value is -1.51. The van der Waals surface area contributed by atoms with E-state index in [9.17, 15) is 0 Å². The molecular formula is C17H29N7O. The minimum Gasteiger partial charge on any atom is -0.374 e. The molecule has 8 nitrogen and oxygen atoms in total. The van der Waals surface area contributed by atoms with Crippen molar-refractivity contribution in [2.45, 2.75) is 12.5 Å². The Morgan fingerprint density at radius 2 is 1.84 bits per heavy atom. The van der Waals surface area contributed by atoms with Gasteiger partial charge in [-0.05, 0) is 32.4 Å². The van der Waals surface area contributed by atoms with Gasteiger partial charge in [-0.2, -0.15) is 4.98 Å². The Balaban J connectivity index is 1.40. The molecule has 3 aliphatic heterocycles. The summed E-state index contributed by atoms with van der Waals surface area (Å²) in [7, 11) is 4.19. The number of ether oxygens (including phenoxy) is 1. The molecule has 1 aromatic rings. The number of hydrogen-bond donors (Lipinski definition) is 1. The summed E-state index contributed by atoms with van der Waals surface area (Å²) in [5.74, 6) is 3.09. The second-order valence-electron chi connectivity index (χ2n) is 7.70. The van der Waals surface area contributed by atoms with E-state index in [0.29, 0.717) is 0 Å². The van der Waals surface area contributed by atoms with Crippen LogP contribution in [0.1, 0.15) is 6.42 Å². The quantitative estimate of drug-likeness (QED) is 0.778. The lowest BCUT2D eigenvalue weighted by molar-refractivity contribution is 0.0306. The SMILES string of the molecule is CN(C)CCC1CN(c2ncnc(N3C[C@H]4CNC[C@H]4C3)n2)CCO1. The molecule has 1 aromatic heterocycles. The summed E-state index contributed by atoms with van der Waals surface area (Å²) in [6.07, 6.45) is 2.94. The minimum atomic E-state index is 0.244. The van der Waals surface area contributed by atoms with E-state index in [-0.39, 0.29) is 6.10 Å². The average Bonchev–Trinajstić information content (AvgIpc) is 3.22. The van der Waals surface area contributed by atoms with Crippen LogP contribution >= 0.6 is 0 Å². The maximum atomic E-state index is 5.90. The molecule has 0 amide bonds. The fourth-order valence-corrected chi connectivity index (χ4v) is 4.08. The monoisotopic (exact) mass is 347 g/mol. The third-order valence-electron chi connectivity index (χ3n) is 5.54. The van der Waals surface area contributed by atoms with Gasteiger partial charge in [0.1, 0.15) is 6.33 Å². The van der Waals surface area contributed by atoms with Gasteiger partial charge in [-0.15, -0.1) is 0 Å². The first kappa shape index (κ1) is 16.9. The predicted octanol–water partition coefficient (Wildman–Crippen LogP) is -0.316. The van der Waals surface area contributed by atoms with Crippen LogP contribution in [0.25, 0.3) is 0 Å². The van der Waals surface area contributed by atoms with Gasteiger partial charge >= 0.3 is 0 Å². The zero-order valence-corrected chi connectivity index (χ0v) is 15.3. The van der Waals surface area contributed by atoms with Crippen LogP contribution in [0.15, 0.2) is 6.33 Å². The molecule has 3 saturated heterocycles. The van der Waals surface area contributed by atoms with Crippen LogP contribution in [-0.2, 0) is 4.74 Å². The largest absolute Gasteiger partial charge is 0.374 e. The number of morpholine rings is 1. The van der Waals surface area contributed by atoms with Crippen molar-refractivity contribution in [2.24, 2.45) is 11.8 Å². The van der Waals surface area contributed by atoms with E-state index in [4.69, 9.17) is 9.72 Å². The summed E-state index contributed by atoms with van der Waals surface area (Å²) in [6.45, 7) is 7.81. The highest BCUT2D eigenvalue weighted by atomic mass is 16.5. The van der Waals surface area contributed by atoms with Crippen molar-refractivity contribution in [3.8, 4) is 0 Å². The van der Waals surface area contributed by atoms with Crippen LogP contribution in [0.3, 0.4) is 0 Å². The molecule has 4 rings (SSSR count). The maximum Gasteiger partial charge on any atom is 0.230 e. The van der Waals surface area contributed by atoms with E-state index >= 15 is 0 Å². The summed E-state index contributed by atoms with van der Waals surface area (Å²) < 4.78 is 5.90. The predicted molar refractivity (Wildman–Crippen MR) is 97.0 cm³/mol. The fourth-order valence-electron chi connectivity index (χ4n) is 4.08. The lowest BCUT2D eigenvalue weighted by Crippen LogP contribution is -2.44. The summed E-state index contributed by atoms with van der Waals surface area (Å²) in [4.78, 5) is 20.4. The molecule has 4 heterocycles. The second kappa shape index (κ2) is 7.39. The first-order valence-electron chi connectivity index (χ1n) is 9.35. The molecular weight excluding hydrogens is 318 g/mol. The van der Waals surface area contributed by atoms with Crippen molar-refractivity contribution in [2.75, 3.05) is 76.3 Å². The molecule has 1 N–H and O–H groups in total. The van der Waals surface area contributed by atoms with E-state index in [1.54, 1.807) is 6.33 Å². The van der Waals surface area contributed by atoms with E-state index in [1.165, 1.54) is 0 Å². The number of fused-ring (bicyclic) bond motifs is 1. The first-order valence-corrected chi connectivity index (χ1v) is 9.35. The van der Waals surface area contributed by atoms with Gasteiger partial charge < -0.3 is 24.8 Å². The second-order valence-corrected chi connectivity index (χ2v) is 7.70. The van der Waals surface area contributed by atoms with Crippen molar-refractivity contribution < 1.29 is 4.74 Å². The molecule has 0 aliphatic carbocycles. The molecule has 3 aliphatic rings. The van der Waals surface area contributed by atoms with Gasteiger partial charge in [0.15, 0.2) is 0 Å². The Morgan fingerprint density at radius 3 is 2.56 bits per heavy atom. The first-order chi connectivity index (χ1) is 12.2. The molecule has 25 heavy (non-hydrogen) atoms. The Kier molecular flexibility index (Phi) is 5.00. The van der Waals surface area contributed by atoms with E-state index < -0.39 is 0 Å². The van der Waals surface area contributed by atoms with E-state index in [1.807, 2.05) is 0 Å². The molecule has 3 atom stereocenters. The zero-order chi connectivity index (χ0) is 17.2. The van der Waals surface area contributed by atoms with Crippen LogP contribution < -0.4 is 15.1 Å². The third-order valence-corrected chi connectivity index (χ3v) is 5.54. The fraction of sp³-hybridized carbons (Fsp3) is 0.824. The number of nitrogens with one attached hydrogen (secondary N) is 1. The molecule has 8 heteroatoms. The number of hydrogen-bond acceptors (Lipinski definition) is 8. The molecule has 0 radical (unpaired) electrons. The number of anilines is 2. The van der Waals surface area contributed by atoms with Crippen molar-refractivity contribution in [1.82, 2.24) is 25.2 Å². The highest BCUT2D eigenvalue weighted by Gasteiger charge is 2.37. The van der Waals surface area contributed by atoms with Gasteiger partial charge in [0.05, 0.1) is 12.7 Å². The lowest BCUT2D eigenvalue weighted by Gasteiger charge is -2.33. The number of nitrogens with zero attached hydrogens (tertiary/aromatic N) is 6. The summed E-state index contributed by atoms with van der Waals surface area (Å²) in [6, 6.07) is 0. The molecule has 3 fully saturated rings. The minimum absolute atomic E-state index is 0.244. The number of rotatable bonds is 5. The topological polar surface area (TPSA) is 69.7 Å². The van der Waals surface area contributed by atoms with Crippen LogP contribution in [0.5, 0.6) is 0 Å². The van der Waals surface area contributed by atoms with Crippen LogP contribution in [0.2, 0.25) is 0 Å².